The summed E-state index contributed by atoms with van der Waals surface area (Å²) in [5.74, 6) is 0. The molecule has 1 fully saturated rings. The van der Waals surface area contributed by atoms with Gasteiger partial charge in [0, 0.05) is 36.8 Å². The van der Waals surface area contributed by atoms with Gasteiger partial charge < -0.3 is 10.4 Å². The van der Waals surface area contributed by atoms with Crippen LogP contribution in [0.1, 0.15) is 43.9 Å². The average molecular weight is 283 g/mol. The summed E-state index contributed by atoms with van der Waals surface area (Å²) in [7, 11) is 0. The first-order valence-corrected chi connectivity index (χ1v) is 8.18. The van der Waals surface area contributed by atoms with Crippen molar-refractivity contribution >= 4 is 16.5 Å². The molecule has 0 spiro atoms. The van der Waals surface area contributed by atoms with E-state index in [2.05, 4.69) is 22.1 Å². The second-order valence-corrected chi connectivity index (χ2v) is 6.31. The topological polar surface area (TPSA) is 48.4 Å². The van der Waals surface area contributed by atoms with E-state index in [1.165, 1.54) is 30.6 Å². The molecule has 0 unspecified atom stereocenters. The Morgan fingerprint density at radius 2 is 2.26 bits per heavy atom. The lowest BCUT2D eigenvalue weighted by atomic mass is 10.2. The minimum absolute atomic E-state index is 0.246. The molecule has 2 N–H and O–H groups in total. The van der Waals surface area contributed by atoms with Crippen molar-refractivity contribution in [2.75, 3.05) is 25.0 Å². The fraction of sp³-hybridized carbons (Fsp3) is 0.786. The molecule has 0 aromatic carbocycles. The normalized spacial score (nSPS) is 16.4. The number of nitrogens with one attached hydrogen (secondary N) is 1. The Hall–Kier alpha value is -0.650. The first-order chi connectivity index (χ1) is 9.33. The molecule has 1 aromatic rings. The molecule has 19 heavy (non-hydrogen) atoms. The summed E-state index contributed by atoms with van der Waals surface area (Å²) >= 11 is 1.74. The summed E-state index contributed by atoms with van der Waals surface area (Å²) in [4.78, 5) is 8.12. The highest BCUT2D eigenvalue weighted by Gasteiger charge is 2.22. The zero-order valence-electron chi connectivity index (χ0n) is 11.8. The quantitative estimate of drug-likeness (QED) is 0.770. The Balaban J connectivity index is 1.90. The van der Waals surface area contributed by atoms with Gasteiger partial charge in [-0.05, 0) is 19.3 Å². The summed E-state index contributed by atoms with van der Waals surface area (Å²) < 4.78 is 0. The fourth-order valence-electron chi connectivity index (χ4n) is 2.68. The molecule has 0 atom stereocenters. The lowest BCUT2D eigenvalue weighted by molar-refractivity contribution is 0.146. The molecule has 1 saturated carbocycles. The van der Waals surface area contributed by atoms with Crippen molar-refractivity contribution in [2.24, 2.45) is 0 Å². The molecule has 1 heterocycles. The number of aliphatic hydroxyl groups is 1. The SMILES string of the molecule is CCCNc1ncc(CN(CCO)C2CCCC2)s1. The smallest absolute Gasteiger partial charge is 0.182 e. The van der Waals surface area contributed by atoms with Gasteiger partial charge in [-0.2, -0.15) is 0 Å². The third kappa shape index (κ3) is 4.44. The van der Waals surface area contributed by atoms with Crippen molar-refractivity contribution in [1.82, 2.24) is 9.88 Å². The summed E-state index contributed by atoms with van der Waals surface area (Å²) in [6.07, 6.45) is 8.31. The summed E-state index contributed by atoms with van der Waals surface area (Å²) in [5.41, 5.74) is 0. The van der Waals surface area contributed by atoms with Crippen LogP contribution in [-0.4, -0.2) is 40.7 Å². The van der Waals surface area contributed by atoms with Gasteiger partial charge in [-0.3, -0.25) is 4.90 Å². The molecular weight excluding hydrogens is 258 g/mol. The van der Waals surface area contributed by atoms with E-state index in [9.17, 15) is 5.11 Å². The van der Waals surface area contributed by atoms with Gasteiger partial charge in [-0.15, -0.1) is 11.3 Å². The minimum atomic E-state index is 0.246. The second-order valence-electron chi connectivity index (χ2n) is 5.19. The van der Waals surface area contributed by atoms with E-state index in [1.54, 1.807) is 11.3 Å². The van der Waals surface area contributed by atoms with Crippen molar-refractivity contribution in [1.29, 1.82) is 0 Å². The summed E-state index contributed by atoms with van der Waals surface area (Å²) in [6, 6.07) is 0.654. The molecule has 1 aromatic heterocycles. The molecule has 2 rings (SSSR count). The van der Waals surface area contributed by atoms with Gasteiger partial charge in [0.1, 0.15) is 0 Å². The van der Waals surface area contributed by atoms with Crippen LogP contribution >= 0.6 is 11.3 Å². The van der Waals surface area contributed by atoms with E-state index in [-0.39, 0.29) is 6.61 Å². The number of aliphatic hydroxyl groups excluding tert-OH is 1. The first-order valence-electron chi connectivity index (χ1n) is 7.37. The molecule has 0 amide bonds. The molecule has 108 valence electrons. The summed E-state index contributed by atoms with van der Waals surface area (Å²) in [6.45, 7) is 5.09. The number of rotatable bonds is 8. The maximum atomic E-state index is 9.23. The Kier molecular flexibility index (Phi) is 6.07. The van der Waals surface area contributed by atoms with Crippen LogP contribution in [0.15, 0.2) is 6.20 Å². The van der Waals surface area contributed by atoms with E-state index < -0.39 is 0 Å². The highest BCUT2D eigenvalue weighted by molar-refractivity contribution is 7.15. The fourth-order valence-corrected chi connectivity index (χ4v) is 3.55. The number of nitrogens with zero attached hydrogens (tertiary/aromatic N) is 2. The highest BCUT2D eigenvalue weighted by atomic mass is 32.1. The predicted octanol–water partition coefficient (Wildman–Crippen LogP) is 2.70. The van der Waals surface area contributed by atoms with Gasteiger partial charge in [0.25, 0.3) is 0 Å². The van der Waals surface area contributed by atoms with Gasteiger partial charge in [-0.25, -0.2) is 4.98 Å². The average Bonchev–Trinajstić information content (AvgIpc) is 3.07. The lowest BCUT2D eigenvalue weighted by Gasteiger charge is -2.27. The molecule has 4 nitrogen and oxygen atoms in total. The molecule has 0 saturated heterocycles. The Bertz CT molecular complexity index is 363. The standard InChI is InChI=1S/C14H25N3OS/c1-2-7-15-14-16-10-13(19-14)11-17(8-9-18)12-5-3-4-6-12/h10,12,18H,2-9,11H2,1H3,(H,15,16). The molecule has 1 aliphatic carbocycles. The molecule has 0 radical (unpaired) electrons. The van der Waals surface area contributed by atoms with E-state index in [0.717, 1.165) is 31.2 Å². The molecular formula is C14H25N3OS. The van der Waals surface area contributed by atoms with Gasteiger partial charge in [0.05, 0.1) is 6.61 Å². The minimum Gasteiger partial charge on any atom is -0.395 e. The summed E-state index contributed by atoms with van der Waals surface area (Å²) in [5, 5.41) is 13.6. The zero-order chi connectivity index (χ0) is 13.5. The van der Waals surface area contributed by atoms with Crippen LogP contribution < -0.4 is 5.32 Å². The molecule has 1 aliphatic rings. The van der Waals surface area contributed by atoms with E-state index >= 15 is 0 Å². The predicted molar refractivity (Wildman–Crippen MR) is 80.6 cm³/mol. The van der Waals surface area contributed by atoms with E-state index in [0.29, 0.717) is 6.04 Å². The second kappa shape index (κ2) is 7.82. The van der Waals surface area contributed by atoms with Gasteiger partial charge in [0.2, 0.25) is 0 Å². The molecule has 0 aliphatic heterocycles. The number of hydrogen-bond acceptors (Lipinski definition) is 5. The zero-order valence-corrected chi connectivity index (χ0v) is 12.6. The Morgan fingerprint density at radius 3 is 2.95 bits per heavy atom. The maximum absolute atomic E-state index is 9.23. The highest BCUT2D eigenvalue weighted by Crippen LogP contribution is 2.26. The largest absolute Gasteiger partial charge is 0.395 e. The van der Waals surface area contributed by atoms with Crippen molar-refractivity contribution in [3.05, 3.63) is 11.1 Å². The van der Waals surface area contributed by atoms with Crippen molar-refractivity contribution in [3.8, 4) is 0 Å². The van der Waals surface area contributed by atoms with Crippen LogP contribution in [-0.2, 0) is 6.54 Å². The number of thiazole rings is 1. The van der Waals surface area contributed by atoms with Crippen molar-refractivity contribution in [3.63, 3.8) is 0 Å². The van der Waals surface area contributed by atoms with Crippen LogP contribution in [0, 0.1) is 0 Å². The third-order valence-corrected chi connectivity index (χ3v) is 4.61. The van der Waals surface area contributed by atoms with E-state index in [4.69, 9.17) is 0 Å². The van der Waals surface area contributed by atoms with Crippen LogP contribution in [0.4, 0.5) is 5.13 Å². The molecule has 0 bridgehead atoms. The molecule has 5 heteroatoms. The van der Waals surface area contributed by atoms with Crippen molar-refractivity contribution < 1.29 is 5.11 Å². The Labute approximate surface area is 119 Å². The lowest BCUT2D eigenvalue weighted by Crippen LogP contribution is -2.34. The van der Waals surface area contributed by atoms with Crippen molar-refractivity contribution in [2.45, 2.75) is 51.6 Å². The monoisotopic (exact) mass is 283 g/mol. The first kappa shape index (κ1) is 14.8. The van der Waals surface area contributed by atoms with E-state index in [1.807, 2.05) is 6.20 Å². The van der Waals surface area contributed by atoms with Crippen LogP contribution in [0.2, 0.25) is 0 Å². The number of aromatic nitrogens is 1. The third-order valence-electron chi connectivity index (χ3n) is 3.67. The number of anilines is 1. The van der Waals surface area contributed by atoms with Gasteiger partial charge in [-0.1, -0.05) is 19.8 Å². The maximum Gasteiger partial charge on any atom is 0.182 e. The van der Waals surface area contributed by atoms with Crippen LogP contribution in [0.5, 0.6) is 0 Å². The van der Waals surface area contributed by atoms with Crippen LogP contribution in [0.3, 0.4) is 0 Å². The Morgan fingerprint density at radius 1 is 1.47 bits per heavy atom. The van der Waals surface area contributed by atoms with Gasteiger partial charge in [0.15, 0.2) is 5.13 Å². The van der Waals surface area contributed by atoms with Crippen LogP contribution in [0.25, 0.3) is 0 Å². The van der Waals surface area contributed by atoms with Gasteiger partial charge >= 0.3 is 0 Å². The number of hydrogen-bond donors (Lipinski definition) is 2.